The van der Waals surface area contributed by atoms with Crippen LogP contribution >= 0.6 is 15.9 Å². The number of hydrogen-bond acceptors (Lipinski definition) is 3. The maximum Gasteiger partial charge on any atom is 0.261 e. The summed E-state index contributed by atoms with van der Waals surface area (Å²) in [6.07, 6.45) is 0. The predicted molar refractivity (Wildman–Crippen MR) is 80.5 cm³/mol. The SMILES string of the molecule is Cc1cccc(S(=O)(=O)Nc2ccc(Br)c(N)c2)c1. The van der Waals surface area contributed by atoms with E-state index in [1.807, 2.05) is 13.0 Å². The van der Waals surface area contributed by atoms with Crippen LogP contribution in [0.3, 0.4) is 0 Å². The quantitative estimate of drug-likeness (QED) is 0.843. The number of aryl methyl sites for hydroxylation is 1. The van der Waals surface area contributed by atoms with E-state index in [0.29, 0.717) is 11.4 Å². The van der Waals surface area contributed by atoms with Gasteiger partial charge in [0.25, 0.3) is 10.0 Å². The molecule has 0 spiro atoms. The largest absolute Gasteiger partial charge is 0.398 e. The summed E-state index contributed by atoms with van der Waals surface area (Å²) in [6, 6.07) is 11.6. The zero-order chi connectivity index (χ0) is 14.0. The Kier molecular flexibility index (Phi) is 3.82. The summed E-state index contributed by atoms with van der Waals surface area (Å²) in [6.45, 7) is 1.84. The molecule has 19 heavy (non-hydrogen) atoms. The number of nitrogens with one attached hydrogen (secondary N) is 1. The van der Waals surface area contributed by atoms with Crippen molar-refractivity contribution < 1.29 is 8.42 Å². The van der Waals surface area contributed by atoms with Crippen molar-refractivity contribution in [3.63, 3.8) is 0 Å². The number of benzene rings is 2. The molecule has 0 amide bonds. The minimum Gasteiger partial charge on any atom is -0.398 e. The van der Waals surface area contributed by atoms with Crippen LogP contribution in [0.15, 0.2) is 51.8 Å². The number of nitrogens with two attached hydrogens (primary N) is 1. The normalized spacial score (nSPS) is 11.3. The smallest absolute Gasteiger partial charge is 0.261 e. The van der Waals surface area contributed by atoms with Crippen LogP contribution in [0.5, 0.6) is 0 Å². The molecule has 0 saturated heterocycles. The molecule has 0 radical (unpaired) electrons. The van der Waals surface area contributed by atoms with Gasteiger partial charge in [0.1, 0.15) is 0 Å². The molecule has 2 rings (SSSR count). The first-order valence-corrected chi connectivity index (χ1v) is 7.80. The van der Waals surface area contributed by atoms with Gasteiger partial charge in [-0.3, -0.25) is 4.72 Å². The second-order valence-corrected chi connectivity index (χ2v) is 6.70. The van der Waals surface area contributed by atoms with Crippen molar-refractivity contribution in [1.29, 1.82) is 0 Å². The Bertz CT molecular complexity index is 714. The summed E-state index contributed by atoms with van der Waals surface area (Å²) >= 11 is 3.26. The summed E-state index contributed by atoms with van der Waals surface area (Å²) in [4.78, 5) is 0.231. The molecule has 2 aromatic rings. The maximum atomic E-state index is 12.2. The number of rotatable bonds is 3. The molecular weight excluding hydrogens is 328 g/mol. The van der Waals surface area contributed by atoms with Gasteiger partial charge >= 0.3 is 0 Å². The van der Waals surface area contributed by atoms with E-state index in [9.17, 15) is 8.42 Å². The lowest BCUT2D eigenvalue weighted by Gasteiger charge is -2.09. The number of anilines is 2. The summed E-state index contributed by atoms with van der Waals surface area (Å²) in [5.41, 5.74) is 7.52. The van der Waals surface area contributed by atoms with Crippen molar-refractivity contribution in [3.8, 4) is 0 Å². The molecule has 4 nitrogen and oxygen atoms in total. The first-order valence-electron chi connectivity index (χ1n) is 5.53. The van der Waals surface area contributed by atoms with Crippen LogP contribution in [0.2, 0.25) is 0 Å². The minimum absolute atomic E-state index is 0.231. The third kappa shape index (κ3) is 3.27. The van der Waals surface area contributed by atoms with Gasteiger partial charge in [-0.1, -0.05) is 12.1 Å². The molecule has 0 heterocycles. The van der Waals surface area contributed by atoms with Gasteiger partial charge in [0, 0.05) is 10.2 Å². The Hall–Kier alpha value is -1.53. The van der Waals surface area contributed by atoms with Crippen LogP contribution in [-0.4, -0.2) is 8.42 Å². The lowest BCUT2D eigenvalue weighted by molar-refractivity contribution is 0.601. The maximum absolute atomic E-state index is 12.2. The molecule has 0 atom stereocenters. The van der Waals surface area contributed by atoms with E-state index < -0.39 is 10.0 Å². The van der Waals surface area contributed by atoms with Gasteiger partial charge in [-0.2, -0.15) is 0 Å². The Labute approximate surface area is 120 Å². The average molecular weight is 341 g/mol. The molecule has 0 saturated carbocycles. The third-order valence-corrected chi connectivity index (χ3v) is 4.65. The van der Waals surface area contributed by atoms with Gasteiger partial charge in [-0.05, 0) is 58.7 Å². The summed E-state index contributed by atoms with van der Waals surface area (Å²) in [5.74, 6) is 0. The second-order valence-electron chi connectivity index (χ2n) is 4.16. The average Bonchev–Trinajstić information content (AvgIpc) is 2.33. The number of hydrogen-bond donors (Lipinski definition) is 2. The van der Waals surface area contributed by atoms with Gasteiger partial charge in [-0.25, -0.2) is 8.42 Å². The molecule has 6 heteroatoms. The molecular formula is C13H13BrN2O2S. The Morgan fingerprint density at radius 3 is 2.53 bits per heavy atom. The van der Waals surface area contributed by atoms with Crippen molar-refractivity contribution in [2.45, 2.75) is 11.8 Å². The van der Waals surface area contributed by atoms with E-state index in [-0.39, 0.29) is 4.90 Å². The fourth-order valence-corrected chi connectivity index (χ4v) is 3.00. The molecule has 0 aliphatic rings. The lowest BCUT2D eigenvalue weighted by atomic mass is 10.2. The van der Waals surface area contributed by atoms with Gasteiger partial charge in [-0.15, -0.1) is 0 Å². The van der Waals surface area contributed by atoms with E-state index >= 15 is 0 Å². The van der Waals surface area contributed by atoms with Crippen LogP contribution in [0, 0.1) is 6.92 Å². The fraction of sp³-hybridized carbons (Fsp3) is 0.0769. The van der Waals surface area contributed by atoms with E-state index in [0.717, 1.165) is 10.0 Å². The van der Waals surface area contributed by atoms with Crippen LogP contribution in [0.4, 0.5) is 11.4 Å². The molecule has 0 aliphatic carbocycles. The highest BCUT2D eigenvalue weighted by molar-refractivity contribution is 9.10. The van der Waals surface area contributed by atoms with E-state index in [1.165, 1.54) is 0 Å². The van der Waals surface area contributed by atoms with E-state index in [4.69, 9.17) is 5.73 Å². The number of nitrogen functional groups attached to an aromatic ring is 1. The zero-order valence-electron chi connectivity index (χ0n) is 10.2. The molecule has 3 N–H and O–H groups in total. The van der Waals surface area contributed by atoms with E-state index in [2.05, 4.69) is 20.7 Å². The Balaban J connectivity index is 2.33. The monoisotopic (exact) mass is 340 g/mol. The standard InChI is InChI=1S/C13H13BrN2O2S/c1-9-3-2-4-11(7-9)19(17,18)16-10-5-6-12(14)13(15)8-10/h2-8,16H,15H2,1H3. The molecule has 0 bridgehead atoms. The van der Waals surface area contributed by atoms with Gasteiger partial charge < -0.3 is 5.73 Å². The topological polar surface area (TPSA) is 72.2 Å². The Morgan fingerprint density at radius 1 is 1.16 bits per heavy atom. The van der Waals surface area contributed by atoms with Gasteiger partial charge in [0.05, 0.1) is 10.6 Å². The summed E-state index contributed by atoms with van der Waals surface area (Å²) in [5, 5.41) is 0. The van der Waals surface area contributed by atoms with Crippen molar-refractivity contribution in [3.05, 3.63) is 52.5 Å². The summed E-state index contributed by atoms with van der Waals surface area (Å²) < 4.78 is 27.6. The second kappa shape index (κ2) is 5.22. The van der Waals surface area contributed by atoms with Crippen LogP contribution < -0.4 is 10.5 Å². The van der Waals surface area contributed by atoms with Crippen molar-refractivity contribution >= 4 is 37.3 Å². The third-order valence-electron chi connectivity index (χ3n) is 2.55. The first kappa shape index (κ1) is 13.9. The predicted octanol–water partition coefficient (Wildman–Crippen LogP) is 3.14. The van der Waals surface area contributed by atoms with Crippen molar-refractivity contribution in [1.82, 2.24) is 0 Å². The number of halogens is 1. The Morgan fingerprint density at radius 2 is 1.89 bits per heavy atom. The molecule has 0 fully saturated rings. The highest BCUT2D eigenvalue weighted by Gasteiger charge is 2.14. The molecule has 100 valence electrons. The molecule has 0 aromatic heterocycles. The molecule has 0 unspecified atom stereocenters. The lowest BCUT2D eigenvalue weighted by Crippen LogP contribution is -2.13. The van der Waals surface area contributed by atoms with Crippen molar-refractivity contribution in [2.24, 2.45) is 0 Å². The van der Waals surface area contributed by atoms with Gasteiger partial charge in [0.15, 0.2) is 0 Å². The first-order chi connectivity index (χ1) is 8.88. The summed E-state index contributed by atoms with van der Waals surface area (Å²) in [7, 11) is -3.59. The zero-order valence-corrected chi connectivity index (χ0v) is 12.6. The number of sulfonamides is 1. The molecule has 2 aromatic carbocycles. The van der Waals surface area contributed by atoms with Crippen LogP contribution in [0.25, 0.3) is 0 Å². The van der Waals surface area contributed by atoms with Crippen molar-refractivity contribution in [2.75, 3.05) is 10.5 Å². The van der Waals surface area contributed by atoms with Crippen LogP contribution in [-0.2, 0) is 10.0 Å². The highest BCUT2D eigenvalue weighted by Crippen LogP contribution is 2.24. The molecule has 0 aliphatic heterocycles. The minimum atomic E-state index is -3.59. The van der Waals surface area contributed by atoms with Gasteiger partial charge in [0.2, 0.25) is 0 Å². The van der Waals surface area contributed by atoms with E-state index in [1.54, 1.807) is 36.4 Å². The highest BCUT2D eigenvalue weighted by atomic mass is 79.9. The fourth-order valence-electron chi connectivity index (χ4n) is 1.60. The van der Waals surface area contributed by atoms with Crippen LogP contribution in [0.1, 0.15) is 5.56 Å².